The summed E-state index contributed by atoms with van der Waals surface area (Å²) in [7, 11) is 0. The number of aromatic amines is 1. The molecule has 3 rings (SSSR count). The molecule has 26 heavy (non-hydrogen) atoms. The van der Waals surface area contributed by atoms with Gasteiger partial charge in [0.2, 0.25) is 0 Å². The van der Waals surface area contributed by atoms with Gasteiger partial charge in [-0.2, -0.15) is 0 Å². The first-order valence-corrected chi connectivity index (χ1v) is 7.80. The molecule has 0 spiro atoms. The van der Waals surface area contributed by atoms with Crippen molar-refractivity contribution in [1.29, 1.82) is 0 Å². The average molecular weight is 374 g/mol. The molecular formula is C17H12ClN3O5. The lowest BCUT2D eigenvalue weighted by Gasteiger charge is -2.09. The first-order chi connectivity index (χ1) is 12.4. The molecule has 3 aromatic rings. The van der Waals surface area contributed by atoms with E-state index >= 15 is 0 Å². The Kier molecular flexibility index (Phi) is 4.59. The van der Waals surface area contributed by atoms with Gasteiger partial charge in [0.1, 0.15) is 11.3 Å². The highest BCUT2D eigenvalue weighted by atomic mass is 35.5. The predicted molar refractivity (Wildman–Crippen MR) is 95.5 cm³/mol. The van der Waals surface area contributed by atoms with Crippen molar-refractivity contribution in [3.63, 3.8) is 0 Å². The number of amides is 1. The number of rotatable bonds is 4. The number of halogens is 1. The Hall–Kier alpha value is -3.39. The van der Waals surface area contributed by atoms with E-state index in [9.17, 15) is 24.8 Å². The van der Waals surface area contributed by atoms with Gasteiger partial charge < -0.3 is 15.4 Å². The van der Waals surface area contributed by atoms with E-state index < -0.39 is 27.7 Å². The van der Waals surface area contributed by atoms with E-state index in [1.54, 1.807) is 24.3 Å². The van der Waals surface area contributed by atoms with Crippen LogP contribution in [0.3, 0.4) is 0 Å². The number of nitrogens with zero attached hydrogens (tertiary/aromatic N) is 1. The maximum Gasteiger partial charge on any atom is 0.271 e. The number of pyridine rings is 1. The molecule has 0 unspecified atom stereocenters. The SMILES string of the molecule is O=C(NCc1cccc(Cl)c1)c1c(O)c2ccc([N+](=O)[O-])cc2[nH]c1=O. The molecule has 0 fully saturated rings. The maximum absolute atomic E-state index is 12.3. The van der Waals surface area contributed by atoms with Crippen molar-refractivity contribution in [3.8, 4) is 5.75 Å². The molecule has 2 aromatic carbocycles. The summed E-state index contributed by atoms with van der Waals surface area (Å²) in [6.45, 7) is 0.108. The summed E-state index contributed by atoms with van der Waals surface area (Å²) < 4.78 is 0. The Labute approximate surface area is 151 Å². The minimum atomic E-state index is -0.848. The van der Waals surface area contributed by atoms with Gasteiger partial charge in [-0.05, 0) is 23.8 Å². The zero-order valence-electron chi connectivity index (χ0n) is 13.2. The molecule has 0 aliphatic rings. The Bertz CT molecular complexity index is 1090. The van der Waals surface area contributed by atoms with E-state index in [-0.39, 0.29) is 23.1 Å². The van der Waals surface area contributed by atoms with Gasteiger partial charge in [-0.15, -0.1) is 0 Å². The first kappa shape index (κ1) is 17.4. The summed E-state index contributed by atoms with van der Waals surface area (Å²) in [4.78, 5) is 37.1. The van der Waals surface area contributed by atoms with Gasteiger partial charge in [0.25, 0.3) is 17.2 Å². The van der Waals surface area contributed by atoms with E-state index in [2.05, 4.69) is 10.3 Å². The fourth-order valence-corrected chi connectivity index (χ4v) is 2.72. The largest absolute Gasteiger partial charge is 0.506 e. The minimum Gasteiger partial charge on any atom is -0.506 e. The second-order valence-corrected chi connectivity index (χ2v) is 5.91. The number of H-pyrrole nitrogens is 1. The Balaban J connectivity index is 1.94. The standard InChI is InChI=1S/C17H12ClN3O5/c18-10-3-1-2-9(6-10)8-19-16(23)14-15(22)12-5-4-11(21(25)26)7-13(12)20-17(14)24/h1-7H,8H2,(H,19,23)(H2,20,22,24). The van der Waals surface area contributed by atoms with Crippen LogP contribution in [0.4, 0.5) is 5.69 Å². The number of benzene rings is 2. The number of fused-ring (bicyclic) bond motifs is 1. The zero-order chi connectivity index (χ0) is 18.8. The Morgan fingerprint density at radius 3 is 2.73 bits per heavy atom. The van der Waals surface area contributed by atoms with Crippen LogP contribution in [0.15, 0.2) is 47.3 Å². The number of nitrogens with one attached hydrogen (secondary N) is 2. The van der Waals surface area contributed by atoms with Crippen LogP contribution in [0.5, 0.6) is 5.75 Å². The third kappa shape index (κ3) is 3.35. The molecule has 1 heterocycles. The van der Waals surface area contributed by atoms with Crippen molar-refractivity contribution in [1.82, 2.24) is 10.3 Å². The van der Waals surface area contributed by atoms with Gasteiger partial charge >= 0.3 is 0 Å². The third-order valence-corrected chi connectivity index (χ3v) is 3.99. The number of nitro benzene ring substituents is 1. The summed E-state index contributed by atoms with van der Waals surface area (Å²) in [5.74, 6) is -1.31. The number of hydrogen-bond acceptors (Lipinski definition) is 5. The second-order valence-electron chi connectivity index (χ2n) is 5.48. The summed E-state index contributed by atoms with van der Waals surface area (Å²) >= 11 is 5.87. The van der Waals surface area contributed by atoms with Crippen molar-refractivity contribution in [2.45, 2.75) is 6.54 Å². The summed E-state index contributed by atoms with van der Waals surface area (Å²) in [6, 6.07) is 10.4. The predicted octanol–water partition coefficient (Wildman–Crippen LogP) is 2.73. The highest BCUT2D eigenvalue weighted by Gasteiger charge is 2.20. The number of hydrogen-bond donors (Lipinski definition) is 3. The first-order valence-electron chi connectivity index (χ1n) is 7.43. The van der Waals surface area contributed by atoms with Crippen molar-refractivity contribution in [2.75, 3.05) is 0 Å². The van der Waals surface area contributed by atoms with Gasteiger partial charge in [0.05, 0.1) is 10.4 Å². The van der Waals surface area contributed by atoms with Gasteiger partial charge in [0.15, 0.2) is 0 Å². The lowest BCUT2D eigenvalue weighted by atomic mass is 10.1. The molecular weight excluding hydrogens is 362 g/mol. The minimum absolute atomic E-state index is 0.0630. The number of carbonyl (C=O) groups excluding carboxylic acids is 1. The molecule has 0 atom stereocenters. The fraction of sp³-hybridized carbons (Fsp3) is 0.0588. The lowest BCUT2D eigenvalue weighted by Crippen LogP contribution is -2.29. The lowest BCUT2D eigenvalue weighted by molar-refractivity contribution is -0.384. The molecule has 0 aliphatic carbocycles. The molecule has 3 N–H and O–H groups in total. The van der Waals surface area contributed by atoms with Crippen LogP contribution < -0.4 is 10.9 Å². The van der Waals surface area contributed by atoms with Crippen molar-refractivity contribution in [3.05, 3.63) is 79.1 Å². The number of carbonyl (C=O) groups is 1. The molecule has 0 saturated carbocycles. The van der Waals surface area contributed by atoms with Crippen LogP contribution in [-0.4, -0.2) is 20.9 Å². The molecule has 1 aromatic heterocycles. The zero-order valence-corrected chi connectivity index (χ0v) is 13.9. The van der Waals surface area contributed by atoms with E-state index in [0.29, 0.717) is 5.02 Å². The third-order valence-electron chi connectivity index (χ3n) is 3.75. The monoisotopic (exact) mass is 373 g/mol. The van der Waals surface area contributed by atoms with Crippen LogP contribution in [0.25, 0.3) is 10.9 Å². The topological polar surface area (TPSA) is 125 Å². The normalized spacial score (nSPS) is 10.7. The fourth-order valence-electron chi connectivity index (χ4n) is 2.51. The van der Waals surface area contributed by atoms with Crippen LogP contribution in [-0.2, 0) is 6.54 Å². The molecule has 0 aliphatic heterocycles. The van der Waals surface area contributed by atoms with E-state index in [0.717, 1.165) is 11.6 Å². The molecule has 8 nitrogen and oxygen atoms in total. The van der Waals surface area contributed by atoms with Crippen LogP contribution >= 0.6 is 11.6 Å². The summed E-state index contributed by atoms with van der Waals surface area (Å²) in [5.41, 5.74) is -0.774. The van der Waals surface area contributed by atoms with Crippen LogP contribution in [0.2, 0.25) is 5.02 Å². The van der Waals surface area contributed by atoms with E-state index in [1.807, 2.05) is 0 Å². The van der Waals surface area contributed by atoms with Crippen LogP contribution in [0, 0.1) is 10.1 Å². The molecule has 0 saturated heterocycles. The number of non-ortho nitro benzene ring substituents is 1. The van der Waals surface area contributed by atoms with E-state index in [4.69, 9.17) is 11.6 Å². The van der Waals surface area contributed by atoms with Crippen molar-refractivity contribution in [2.24, 2.45) is 0 Å². The van der Waals surface area contributed by atoms with E-state index in [1.165, 1.54) is 12.1 Å². The van der Waals surface area contributed by atoms with Crippen LogP contribution in [0.1, 0.15) is 15.9 Å². The Morgan fingerprint density at radius 1 is 1.27 bits per heavy atom. The van der Waals surface area contributed by atoms with Crippen molar-refractivity contribution < 1.29 is 14.8 Å². The molecule has 9 heteroatoms. The van der Waals surface area contributed by atoms with Gasteiger partial charge in [0, 0.05) is 29.1 Å². The number of aromatic nitrogens is 1. The van der Waals surface area contributed by atoms with Gasteiger partial charge in [-0.3, -0.25) is 19.7 Å². The highest BCUT2D eigenvalue weighted by molar-refractivity contribution is 6.30. The number of aromatic hydroxyl groups is 1. The molecule has 0 bridgehead atoms. The Morgan fingerprint density at radius 2 is 2.04 bits per heavy atom. The summed E-state index contributed by atoms with van der Waals surface area (Å²) in [5, 5.41) is 24.3. The quantitative estimate of drug-likeness (QED) is 0.479. The number of nitro groups is 1. The summed E-state index contributed by atoms with van der Waals surface area (Å²) in [6.07, 6.45) is 0. The van der Waals surface area contributed by atoms with Gasteiger partial charge in [-0.1, -0.05) is 23.7 Å². The maximum atomic E-state index is 12.3. The smallest absolute Gasteiger partial charge is 0.271 e. The molecule has 132 valence electrons. The van der Waals surface area contributed by atoms with Gasteiger partial charge in [-0.25, -0.2) is 0 Å². The second kappa shape index (κ2) is 6.85. The van der Waals surface area contributed by atoms with Crippen molar-refractivity contribution >= 4 is 34.1 Å². The highest BCUT2D eigenvalue weighted by Crippen LogP contribution is 2.27. The molecule has 1 amide bonds. The molecule has 0 radical (unpaired) electrons. The average Bonchev–Trinajstić information content (AvgIpc) is 2.59.